The summed E-state index contributed by atoms with van der Waals surface area (Å²) in [5.41, 5.74) is -2.05. The van der Waals surface area contributed by atoms with Crippen molar-refractivity contribution in [2.24, 2.45) is 0 Å². The fourth-order valence-corrected chi connectivity index (χ4v) is 1.16. The van der Waals surface area contributed by atoms with Crippen LogP contribution in [0, 0.1) is 0 Å². The third-order valence-electron chi connectivity index (χ3n) is 1.96. The summed E-state index contributed by atoms with van der Waals surface area (Å²) in [6.07, 6.45) is -2.19. The highest BCUT2D eigenvalue weighted by Crippen LogP contribution is 2.21. The fourth-order valence-electron chi connectivity index (χ4n) is 1.16. The van der Waals surface area contributed by atoms with Gasteiger partial charge in [0.1, 0.15) is 0 Å². The van der Waals surface area contributed by atoms with Crippen molar-refractivity contribution >= 4 is 11.9 Å². The normalized spacial score (nSPS) is 17.1. The minimum Gasteiger partial charge on any atom is -0.479 e. The largest absolute Gasteiger partial charge is 0.479 e. The molecule has 0 aliphatic carbocycles. The molecular formula is C8H14O6. The van der Waals surface area contributed by atoms with Gasteiger partial charge in [-0.15, -0.1) is 0 Å². The van der Waals surface area contributed by atoms with Gasteiger partial charge in [0, 0.05) is 6.61 Å². The molecule has 0 spiro atoms. The van der Waals surface area contributed by atoms with E-state index in [4.69, 9.17) is 14.9 Å². The maximum Gasteiger partial charge on any atom is 0.339 e. The van der Waals surface area contributed by atoms with Gasteiger partial charge in [0.2, 0.25) is 5.60 Å². The number of aliphatic hydroxyl groups excluding tert-OH is 1. The van der Waals surface area contributed by atoms with Crippen LogP contribution in [0.4, 0.5) is 0 Å². The van der Waals surface area contributed by atoms with Gasteiger partial charge in [-0.2, -0.15) is 0 Å². The number of carboxylic acids is 2. The monoisotopic (exact) mass is 206 g/mol. The predicted octanol–water partition coefficient (Wildman–Crippen LogP) is -0.298. The van der Waals surface area contributed by atoms with Crippen molar-refractivity contribution in [2.75, 3.05) is 6.61 Å². The van der Waals surface area contributed by atoms with Crippen LogP contribution in [0.2, 0.25) is 0 Å². The zero-order valence-electron chi connectivity index (χ0n) is 8.06. The van der Waals surface area contributed by atoms with Crippen molar-refractivity contribution in [3.05, 3.63) is 0 Å². The molecule has 0 fully saturated rings. The Hall–Kier alpha value is -1.14. The minimum absolute atomic E-state index is 0.0183. The SMILES string of the molecule is CCOC(CC)(C(=O)O)C(O)C(=O)O. The smallest absolute Gasteiger partial charge is 0.339 e. The van der Waals surface area contributed by atoms with Gasteiger partial charge in [-0.25, -0.2) is 9.59 Å². The minimum atomic E-state index is -2.06. The number of hydrogen-bond acceptors (Lipinski definition) is 4. The molecule has 0 amide bonds. The van der Waals surface area contributed by atoms with Gasteiger partial charge in [-0.05, 0) is 13.3 Å². The Balaban J connectivity index is 5.02. The van der Waals surface area contributed by atoms with Gasteiger partial charge in [-0.1, -0.05) is 6.92 Å². The van der Waals surface area contributed by atoms with Crippen molar-refractivity contribution in [3.63, 3.8) is 0 Å². The molecule has 6 nitrogen and oxygen atoms in total. The van der Waals surface area contributed by atoms with E-state index >= 15 is 0 Å². The summed E-state index contributed by atoms with van der Waals surface area (Å²) in [6.45, 7) is 2.99. The van der Waals surface area contributed by atoms with Crippen LogP contribution in [0.1, 0.15) is 20.3 Å². The molecular weight excluding hydrogens is 192 g/mol. The van der Waals surface area contributed by atoms with Gasteiger partial charge < -0.3 is 20.1 Å². The molecule has 0 rings (SSSR count). The molecule has 0 aliphatic heterocycles. The van der Waals surface area contributed by atoms with E-state index in [9.17, 15) is 14.7 Å². The van der Waals surface area contributed by atoms with Crippen LogP contribution in [-0.2, 0) is 14.3 Å². The van der Waals surface area contributed by atoms with E-state index in [0.29, 0.717) is 0 Å². The Morgan fingerprint density at radius 3 is 2.07 bits per heavy atom. The first-order valence-corrected chi connectivity index (χ1v) is 4.20. The molecule has 0 radical (unpaired) electrons. The quantitative estimate of drug-likeness (QED) is 0.551. The lowest BCUT2D eigenvalue weighted by atomic mass is 9.93. The lowest BCUT2D eigenvalue weighted by molar-refractivity contribution is -0.193. The lowest BCUT2D eigenvalue weighted by Gasteiger charge is -2.30. The van der Waals surface area contributed by atoms with Gasteiger partial charge in [0.15, 0.2) is 6.10 Å². The first-order valence-electron chi connectivity index (χ1n) is 4.20. The number of carboxylic acid groups (broad SMARTS) is 2. The molecule has 0 aromatic carbocycles. The molecule has 3 N–H and O–H groups in total. The van der Waals surface area contributed by atoms with Crippen molar-refractivity contribution in [1.82, 2.24) is 0 Å². The van der Waals surface area contributed by atoms with E-state index in [1.807, 2.05) is 0 Å². The summed E-state index contributed by atoms with van der Waals surface area (Å²) < 4.78 is 4.83. The summed E-state index contributed by atoms with van der Waals surface area (Å²) in [5, 5.41) is 26.6. The topological polar surface area (TPSA) is 104 Å². The van der Waals surface area contributed by atoms with Crippen molar-refractivity contribution in [1.29, 1.82) is 0 Å². The van der Waals surface area contributed by atoms with Gasteiger partial charge in [-0.3, -0.25) is 0 Å². The molecule has 0 aromatic rings. The summed E-state index contributed by atoms with van der Waals surface area (Å²) >= 11 is 0. The second kappa shape index (κ2) is 4.92. The number of hydrogen-bond donors (Lipinski definition) is 3. The number of carbonyl (C=O) groups is 2. The van der Waals surface area contributed by atoms with E-state index in [0.717, 1.165) is 0 Å². The Morgan fingerprint density at radius 1 is 1.36 bits per heavy atom. The maximum atomic E-state index is 10.8. The van der Waals surface area contributed by atoms with Crippen LogP contribution >= 0.6 is 0 Å². The molecule has 0 aliphatic rings. The number of rotatable bonds is 6. The van der Waals surface area contributed by atoms with E-state index in [1.54, 1.807) is 0 Å². The molecule has 2 unspecified atom stereocenters. The predicted molar refractivity (Wildman–Crippen MR) is 45.9 cm³/mol. The Bertz CT molecular complexity index is 226. The molecule has 82 valence electrons. The molecule has 2 atom stereocenters. The van der Waals surface area contributed by atoms with Gasteiger partial charge in [0.05, 0.1) is 0 Å². The van der Waals surface area contributed by atoms with E-state index in [-0.39, 0.29) is 13.0 Å². The number of aliphatic hydroxyl groups is 1. The zero-order chi connectivity index (χ0) is 11.4. The molecule has 0 saturated carbocycles. The average Bonchev–Trinajstić information content (AvgIpc) is 2.12. The number of ether oxygens (including phenoxy) is 1. The van der Waals surface area contributed by atoms with E-state index in [2.05, 4.69) is 0 Å². The van der Waals surface area contributed by atoms with Crippen molar-refractivity contribution < 1.29 is 29.6 Å². The standard InChI is InChI=1S/C8H14O6/c1-3-8(7(12)13,14-4-2)5(9)6(10)11/h5,9H,3-4H2,1-2H3,(H,10,11)(H,12,13). The van der Waals surface area contributed by atoms with Crippen LogP contribution in [0.25, 0.3) is 0 Å². The van der Waals surface area contributed by atoms with Crippen LogP contribution in [0.15, 0.2) is 0 Å². The molecule has 0 saturated heterocycles. The summed E-state index contributed by atoms with van der Waals surface area (Å²) in [6, 6.07) is 0. The third-order valence-corrected chi connectivity index (χ3v) is 1.96. The molecule has 0 heterocycles. The highest BCUT2D eigenvalue weighted by molar-refractivity contribution is 5.87. The lowest BCUT2D eigenvalue weighted by Crippen LogP contribution is -2.54. The van der Waals surface area contributed by atoms with Crippen molar-refractivity contribution in [2.45, 2.75) is 32.0 Å². The summed E-state index contributed by atoms with van der Waals surface area (Å²) in [5.74, 6) is -3.08. The summed E-state index contributed by atoms with van der Waals surface area (Å²) in [7, 11) is 0. The van der Waals surface area contributed by atoms with Crippen molar-refractivity contribution in [3.8, 4) is 0 Å². The van der Waals surface area contributed by atoms with Gasteiger partial charge >= 0.3 is 11.9 Å². The second-order valence-corrected chi connectivity index (χ2v) is 2.72. The first-order chi connectivity index (χ1) is 6.42. The highest BCUT2D eigenvalue weighted by atomic mass is 16.5. The van der Waals surface area contributed by atoms with E-state index in [1.165, 1.54) is 13.8 Å². The Labute approximate surface area is 81.1 Å². The first kappa shape index (κ1) is 12.9. The second-order valence-electron chi connectivity index (χ2n) is 2.72. The number of aliphatic carboxylic acids is 2. The van der Waals surface area contributed by atoms with Crippen LogP contribution in [0.3, 0.4) is 0 Å². The summed E-state index contributed by atoms with van der Waals surface area (Å²) in [4.78, 5) is 21.3. The zero-order valence-corrected chi connectivity index (χ0v) is 8.06. The third kappa shape index (κ3) is 2.21. The van der Waals surface area contributed by atoms with Crippen LogP contribution < -0.4 is 0 Å². The maximum absolute atomic E-state index is 10.8. The molecule has 14 heavy (non-hydrogen) atoms. The average molecular weight is 206 g/mol. The molecule has 0 bridgehead atoms. The highest BCUT2D eigenvalue weighted by Gasteiger charge is 2.48. The van der Waals surface area contributed by atoms with E-state index < -0.39 is 23.6 Å². The fraction of sp³-hybridized carbons (Fsp3) is 0.750. The van der Waals surface area contributed by atoms with Crippen LogP contribution in [-0.4, -0.2) is 45.6 Å². The van der Waals surface area contributed by atoms with Gasteiger partial charge in [0.25, 0.3) is 0 Å². The Kier molecular flexibility index (Phi) is 4.52. The molecule has 6 heteroatoms. The molecule has 0 aromatic heterocycles. The Morgan fingerprint density at radius 2 is 1.86 bits per heavy atom. The van der Waals surface area contributed by atoms with Crippen LogP contribution in [0.5, 0.6) is 0 Å².